The summed E-state index contributed by atoms with van der Waals surface area (Å²) in [5.74, 6) is -0.725. The molecule has 0 saturated carbocycles. The predicted octanol–water partition coefficient (Wildman–Crippen LogP) is 2.59. The number of anilines is 1. The summed E-state index contributed by atoms with van der Waals surface area (Å²) in [4.78, 5) is 0. The van der Waals surface area contributed by atoms with Crippen LogP contribution in [-0.2, 0) is 6.42 Å². The first-order valence-corrected chi connectivity index (χ1v) is 5.13. The van der Waals surface area contributed by atoms with Gasteiger partial charge >= 0.3 is 0 Å². The minimum Gasteiger partial charge on any atom is -0.383 e. The van der Waals surface area contributed by atoms with E-state index in [4.69, 9.17) is 5.73 Å². The molecule has 0 radical (unpaired) electrons. The molecule has 0 atom stereocenters. The van der Waals surface area contributed by atoms with Crippen molar-refractivity contribution in [2.24, 2.45) is 0 Å². The molecular formula is C10H8F2N2S. The molecule has 0 bridgehead atoms. The fourth-order valence-corrected chi connectivity index (χ4v) is 1.88. The molecule has 0 aliphatic rings. The molecule has 1 aromatic carbocycles. The maximum absolute atomic E-state index is 13.3. The molecule has 5 heteroatoms. The largest absolute Gasteiger partial charge is 0.383 e. The van der Waals surface area contributed by atoms with Crippen molar-refractivity contribution in [3.05, 3.63) is 46.3 Å². The molecular weight excluding hydrogens is 218 g/mol. The molecule has 0 fully saturated rings. The Kier molecular flexibility index (Phi) is 2.64. The summed E-state index contributed by atoms with van der Waals surface area (Å²) in [7, 11) is 0. The number of nitrogens with two attached hydrogens (primary N) is 1. The second kappa shape index (κ2) is 3.94. The monoisotopic (exact) mass is 226 g/mol. The van der Waals surface area contributed by atoms with Crippen molar-refractivity contribution in [3.63, 3.8) is 0 Å². The molecule has 2 nitrogen and oxygen atoms in total. The van der Waals surface area contributed by atoms with Crippen LogP contribution in [-0.4, -0.2) is 4.37 Å². The van der Waals surface area contributed by atoms with E-state index in [9.17, 15) is 8.78 Å². The van der Waals surface area contributed by atoms with Gasteiger partial charge < -0.3 is 5.73 Å². The lowest BCUT2D eigenvalue weighted by molar-refractivity contribution is 0.574. The Balaban J connectivity index is 2.29. The van der Waals surface area contributed by atoms with Gasteiger partial charge in [-0.3, -0.25) is 0 Å². The van der Waals surface area contributed by atoms with Gasteiger partial charge in [0.1, 0.15) is 17.5 Å². The summed E-state index contributed by atoms with van der Waals surface area (Å²) in [5, 5.41) is 1.76. The maximum Gasteiger partial charge on any atom is 0.140 e. The Hall–Kier alpha value is -1.49. The molecule has 0 amide bonds. The van der Waals surface area contributed by atoms with Gasteiger partial charge in [-0.05, 0) is 23.2 Å². The molecule has 78 valence electrons. The second-order valence-corrected chi connectivity index (χ2v) is 3.77. The molecule has 0 aliphatic carbocycles. The highest BCUT2D eigenvalue weighted by Gasteiger charge is 2.08. The summed E-state index contributed by atoms with van der Waals surface area (Å²) < 4.78 is 29.8. The van der Waals surface area contributed by atoms with Crippen LogP contribution in [0.3, 0.4) is 0 Å². The Morgan fingerprint density at radius 1 is 1.27 bits per heavy atom. The van der Waals surface area contributed by atoms with Gasteiger partial charge in [-0.15, -0.1) is 0 Å². The molecule has 0 saturated heterocycles. The number of nitrogen functional groups attached to an aromatic ring is 1. The number of aromatic nitrogens is 1. The normalized spacial score (nSPS) is 10.5. The van der Waals surface area contributed by atoms with Crippen molar-refractivity contribution in [1.82, 2.24) is 4.37 Å². The van der Waals surface area contributed by atoms with Gasteiger partial charge in [-0.2, -0.15) is 4.37 Å². The molecule has 1 heterocycles. The van der Waals surface area contributed by atoms with Gasteiger partial charge in [0, 0.05) is 23.4 Å². The van der Waals surface area contributed by atoms with Crippen LogP contribution < -0.4 is 5.73 Å². The number of hydrogen-bond acceptors (Lipinski definition) is 3. The third-order valence-electron chi connectivity index (χ3n) is 2.07. The first kappa shape index (κ1) is 10.0. The van der Waals surface area contributed by atoms with Gasteiger partial charge in [0.15, 0.2) is 0 Å². The van der Waals surface area contributed by atoms with Crippen LogP contribution in [0, 0.1) is 11.6 Å². The highest BCUT2D eigenvalue weighted by molar-refractivity contribution is 7.04. The Morgan fingerprint density at radius 2 is 2.07 bits per heavy atom. The zero-order valence-corrected chi connectivity index (χ0v) is 8.52. The highest BCUT2D eigenvalue weighted by Crippen LogP contribution is 2.19. The van der Waals surface area contributed by atoms with Gasteiger partial charge in [0.2, 0.25) is 0 Å². The predicted molar refractivity (Wildman–Crippen MR) is 55.7 cm³/mol. The zero-order chi connectivity index (χ0) is 10.8. The third-order valence-corrected chi connectivity index (χ3v) is 2.76. The fraction of sp³-hybridized carbons (Fsp3) is 0.100. The van der Waals surface area contributed by atoms with Crippen molar-refractivity contribution in [1.29, 1.82) is 0 Å². The van der Waals surface area contributed by atoms with Gasteiger partial charge in [0.25, 0.3) is 0 Å². The van der Waals surface area contributed by atoms with Gasteiger partial charge in [0.05, 0.1) is 0 Å². The molecule has 0 spiro atoms. The summed E-state index contributed by atoms with van der Waals surface area (Å²) in [6.07, 6.45) is 0.342. The third kappa shape index (κ3) is 2.12. The topological polar surface area (TPSA) is 38.9 Å². The van der Waals surface area contributed by atoms with Crippen LogP contribution in [0.15, 0.2) is 23.6 Å². The summed E-state index contributed by atoms with van der Waals surface area (Å²) in [5.41, 5.74) is 6.76. The molecule has 15 heavy (non-hydrogen) atoms. The lowest BCUT2D eigenvalue weighted by Gasteiger charge is -2.01. The molecule has 0 aliphatic heterocycles. The number of hydrogen-bond donors (Lipinski definition) is 1. The van der Waals surface area contributed by atoms with E-state index in [-0.39, 0.29) is 0 Å². The average molecular weight is 226 g/mol. The zero-order valence-electron chi connectivity index (χ0n) is 7.71. The lowest BCUT2D eigenvalue weighted by Crippen LogP contribution is -1.96. The van der Waals surface area contributed by atoms with E-state index in [1.807, 2.05) is 0 Å². The second-order valence-electron chi connectivity index (χ2n) is 3.14. The van der Waals surface area contributed by atoms with E-state index in [1.54, 1.807) is 5.38 Å². The van der Waals surface area contributed by atoms with Crippen LogP contribution in [0.5, 0.6) is 0 Å². The molecule has 1 aromatic heterocycles. The molecule has 2 aromatic rings. The van der Waals surface area contributed by atoms with Crippen LogP contribution in [0.2, 0.25) is 0 Å². The summed E-state index contributed by atoms with van der Waals surface area (Å²) in [6, 6.07) is 3.52. The number of halogens is 2. The number of rotatable bonds is 2. The Bertz CT molecular complexity index is 482. The van der Waals surface area contributed by atoms with Crippen LogP contribution >= 0.6 is 11.5 Å². The highest BCUT2D eigenvalue weighted by atomic mass is 32.1. The van der Waals surface area contributed by atoms with E-state index in [0.29, 0.717) is 17.8 Å². The van der Waals surface area contributed by atoms with Crippen LogP contribution in [0.1, 0.15) is 11.1 Å². The van der Waals surface area contributed by atoms with E-state index in [0.717, 1.165) is 11.6 Å². The first-order valence-electron chi connectivity index (χ1n) is 4.29. The Morgan fingerprint density at radius 3 is 2.67 bits per heavy atom. The van der Waals surface area contributed by atoms with Crippen molar-refractivity contribution in [2.75, 3.05) is 5.73 Å². The van der Waals surface area contributed by atoms with E-state index in [1.165, 1.54) is 23.7 Å². The quantitative estimate of drug-likeness (QED) is 0.854. The fourth-order valence-electron chi connectivity index (χ4n) is 1.27. The lowest BCUT2D eigenvalue weighted by atomic mass is 10.1. The van der Waals surface area contributed by atoms with Crippen molar-refractivity contribution in [2.45, 2.75) is 6.42 Å². The summed E-state index contributed by atoms with van der Waals surface area (Å²) in [6.45, 7) is 0. The molecule has 0 unspecified atom stereocenters. The van der Waals surface area contributed by atoms with Crippen molar-refractivity contribution < 1.29 is 8.78 Å². The SMILES string of the molecule is Nc1nscc1Cc1ccc(F)cc1F. The van der Waals surface area contributed by atoms with E-state index in [2.05, 4.69) is 4.37 Å². The first-order chi connectivity index (χ1) is 7.16. The standard InChI is InChI=1S/C10H8F2N2S/c11-8-2-1-6(9(12)4-8)3-7-5-15-14-10(7)13/h1-2,4-5H,3H2,(H2,13,14). The maximum atomic E-state index is 13.3. The minimum atomic E-state index is -0.576. The summed E-state index contributed by atoms with van der Waals surface area (Å²) >= 11 is 1.22. The number of benzene rings is 1. The van der Waals surface area contributed by atoms with Gasteiger partial charge in [-0.25, -0.2) is 8.78 Å². The van der Waals surface area contributed by atoms with Crippen molar-refractivity contribution in [3.8, 4) is 0 Å². The van der Waals surface area contributed by atoms with Crippen LogP contribution in [0.4, 0.5) is 14.6 Å². The van der Waals surface area contributed by atoms with Gasteiger partial charge in [-0.1, -0.05) is 6.07 Å². The number of nitrogens with zero attached hydrogens (tertiary/aromatic N) is 1. The van der Waals surface area contributed by atoms with E-state index >= 15 is 0 Å². The smallest absolute Gasteiger partial charge is 0.140 e. The minimum absolute atomic E-state index is 0.342. The average Bonchev–Trinajstić information content (AvgIpc) is 2.57. The van der Waals surface area contributed by atoms with E-state index < -0.39 is 11.6 Å². The molecule has 2 N–H and O–H groups in total. The van der Waals surface area contributed by atoms with Crippen LogP contribution in [0.25, 0.3) is 0 Å². The Labute approximate surface area is 89.5 Å². The van der Waals surface area contributed by atoms with Crippen molar-refractivity contribution >= 4 is 17.4 Å². The molecule has 2 rings (SSSR count).